The first kappa shape index (κ1) is 5.92. The van der Waals surface area contributed by atoms with Crippen molar-refractivity contribution in [3.05, 3.63) is 11.5 Å². The van der Waals surface area contributed by atoms with E-state index in [1.54, 1.807) is 0 Å². The van der Waals surface area contributed by atoms with Gasteiger partial charge >= 0.3 is 5.97 Å². The lowest BCUT2D eigenvalue weighted by molar-refractivity contribution is -0.134. The van der Waals surface area contributed by atoms with Crippen LogP contribution in [0.5, 0.6) is 0 Å². The Morgan fingerprint density at radius 3 is 2.71 bits per heavy atom. The minimum atomic E-state index is -0.609. The van der Waals surface area contributed by atoms with Gasteiger partial charge in [-0.3, -0.25) is 5.87 Å². The number of nitrogens with zero attached hydrogens (tertiary/aromatic N) is 1. The Hall–Kier alpha value is -1.08. The molecule has 0 saturated carbocycles. The summed E-state index contributed by atoms with van der Waals surface area (Å²) in [6.45, 7) is 0. The summed E-state index contributed by atoms with van der Waals surface area (Å²) in [6.07, 6.45) is 0.792. The molecule has 0 unspecified atom stereocenters. The predicted molar refractivity (Wildman–Crippen MR) is 25.0 cm³/mol. The van der Waals surface area contributed by atoms with E-state index in [0.29, 0.717) is 0 Å². The maximum Gasteiger partial charge on any atom is 0.336 e. The predicted octanol–water partition coefficient (Wildman–Crippen LogP) is -0.0453. The van der Waals surface area contributed by atoms with Crippen LogP contribution in [0.15, 0.2) is 6.08 Å². The van der Waals surface area contributed by atoms with Crippen LogP contribution in [0.3, 0.4) is 0 Å². The van der Waals surface area contributed by atoms with E-state index in [1.165, 1.54) is 13.0 Å². The first-order valence-corrected chi connectivity index (χ1v) is 1.62. The van der Waals surface area contributed by atoms with E-state index in [-0.39, 0.29) is 0 Å². The molecular formula is C4H4NO2-. The maximum atomic E-state index is 9.91. The second-order valence-electron chi connectivity index (χ2n) is 0.797. The highest BCUT2D eigenvalue weighted by molar-refractivity contribution is 5.91. The molecule has 38 valence electrons. The molecule has 0 heterocycles. The van der Waals surface area contributed by atoms with Crippen LogP contribution in [0.2, 0.25) is 0 Å². The van der Waals surface area contributed by atoms with Crippen molar-refractivity contribution < 1.29 is 9.53 Å². The second-order valence-corrected chi connectivity index (χ2v) is 0.797. The number of rotatable bonds is 1. The number of carbonyl (C=O) groups is 1. The van der Waals surface area contributed by atoms with Crippen molar-refractivity contribution in [3.63, 3.8) is 0 Å². The molecule has 0 aliphatic rings. The molecule has 0 aliphatic carbocycles. The van der Waals surface area contributed by atoms with Crippen LogP contribution in [0.1, 0.15) is 0 Å². The van der Waals surface area contributed by atoms with Crippen LogP contribution in [0, 0.1) is 0 Å². The molecule has 7 heavy (non-hydrogen) atoms. The third-order valence-corrected chi connectivity index (χ3v) is 0.384. The lowest BCUT2D eigenvalue weighted by Crippen LogP contribution is -1.92. The van der Waals surface area contributed by atoms with Crippen molar-refractivity contribution in [1.82, 2.24) is 0 Å². The molecule has 0 spiro atoms. The second kappa shape index (κ2) is 3.12. The fourth-order valence-electron chi connectivity index (χ4n) is 0.112. The highest BCUT2D eigenvalue weighted by Gasteiger charge is 1.82. The molecule has 0 radical (unpaired) electrons. The van der Waals surface area contributed by atoms with Gasteiger partial charge in [-0.2, -0.15) is 0 Å². The van der Waals surface area contributed by atoms with Gasteiger partial charge in [0, 0.05) is 6.08 Å². The summed E-state index contributed by atoms with van der Waals surface area (Å²) in [5, 5.41) is 7.76. The van der Waals surface area contributed by atoms with E-state index < -0.39 is 5.97 Å². The number of methoxy groups -OCH3 is 1. The fourth-order valence-corrected chi connectivity index (χ4v) is 0.112. The fraction of sp³-hybridized carbons (Fsp3) is 0.250. The van der Waals surface area contributed by atoms with Gasteiger partial charge in [-0.25, -0.2) is 4.79 Å². The molecule has 0 atom stereocenters. The summed E-state index contributed by atoms with van der Waals surface area (Å²) in [7, 11) is 1.22. The summed E-state index contributed by atoms with van der Waals surface area (Å²) in [6, 6.07) is 0. The third-order valence-electron chi connectivity index (χ3n) is 0.384. The molecule has 0 saturated heterocycles. The van der Waals surface area contributed by atoms with Crippen molar-refractivity contribution in [2.24, 2.45) is 0 Å². The zero-order valence-corrected chi connectivity index (χ0v) is 3.84. The molecule has 0 amide bonds. The Morgan fingerprint density at radius 2 is 2.57 bits per heavy atom. The molecule has 0 rings (SSSR count). The Morgan fingerprint density at radius 1 is 2.00 bits per heavy atom. The van der Waals surface area contributed by atoms with Crippen LogP contribution in [-0.2, 0) is 9.53 Å². The summed E-state index contributed by atoms with van der Waals surface area (Å²) in [5.41, 5.74) is 0. The van der Waals surface area contributed by atoms with Crippen LogP contribution >= 0.6 is 0 Å². The molecule has 0 fully saturated rings. The number of esters is 1. The number of ether oxygens (including phenoxy) is 1. The van der Waals surface area contributed by atoms with E-state index in [2.05, 4.69) is 4.74 Å². The Labute approximate surface area is 41.1 Å². The molecule has 0 aromatic carbocycles. The minimum Gasteiger partial charge on any atom is -0.763 e. The molecule has 0 aromatic rings. The molecule has 0 aromatic heterocycles. The normalized spacial score (nSPS) is 6.43. The molecule has 0 bridgehead atoms. The summed E-state index contributed by atoms with van der Waals surface area (Å²) in [5.74, 6) is 0.910. The molecule has 0 N–H and O–H groups in total. The van der Waals surface area contributed by atoms with Crippen LogP contribution < -0.4 is 0 Å². The van der Waals surface area contributed by atoms with Gasteiger partial charge in [0.1, 0.15) is 0 Å². The van der Waals surface area contributed by atoms with Gasteiger partial charge in [-0.15, -0.1) is 0 Å². The molecular weight excluding hydrogens is 94.0 g/mol. The highest BCUT2D eigenvalue weighted by Crippen LogP contribution is 1.67. The number of carbonyl (C=O) groups excluding carboxylic acids is 1. The zero-order valence-electron chi connectivity index (χ0n) is 3.84. The zero-order chi connectivity index (χ0) is 5.70. The molecule has 0 aliphatic heterocycles. The minimum absolute atomic E-state index is 0.609. The van der Waals surface area contributed by atoms with Gasteiger partial charge in [-0.1, -0.05) is 0 Å². The standard InChI is InChI=1S/C4H4NO2/c1-7-4(6)2-3-5/h2H,1H3/q-1. The Kier molecular flexibility index (Phi) is 2.64. The first-order chi connectivity index (χ1) is 3.31. The maximum absolute atomic E-state index is 9.91. The summed E-state index contributed by atoms with van der Waals surface area (Å²) >= 11 is 0. The van der Waals surface area contributed by atoms with E-state index in [9.17, 15) is 4.79 Å². The lowest BCUT2D eigenvalue weighted by Gasteiger charge is -1.84. The van der Waals surface area contributed by atoms with Crippen LogP contribution in [-0.4, -0.2) is 18.9 Å². The SMILES string of the molecule is COC(=O)C=C=[N-]. The van der Waals surface area contributed by atoms with Gasteiger partial charge in [0.2, 0.25) is 0 Å². The van der Waals surface area contributed by atoms with Crippen molar-refractivity contribution in [2.75, 3.05) is 7.11 Å². The van der Waals surface area contributed by atoms with E-state index in [1.807, 2.05) is 0 Å². The molecule has 3 heteroatoms. The van der Waals surface area contributed by atoms with Gasteiger partial charge in [0.25, 0.3) is 0 Å². The lowest BCUT2D eigenvalue weighted by atomic mass is 10.6. The monoisotopic (exact) mass is 98.0 g/mol. The van der Waals surface area contributed by atoms with E-state index in [0.717, 1.165) is 6.08 Å². The smallest absolute Gasteiger partial charge is 0.336 e. The topological polar surface area (TPSA) is 48.6 Å². The van der Waals surface area contributed by atoms with Crippen molar-refractivity contribution in [1.29, 1.82) is 0 Å². The van der Waals surface area contributed by atoms with Crippen LogP contribution in [0.4, 0.5) is 0 Å². The Balaban J connectivity index is 3.58. The van der Waals surface area contributed by atoms with E-state index in [4.69, 9.17) is 5.41 Å². The van der Waals surface area contributed by atoms with Gasteiger partial charge in [-0.05, 0) is 0 Å². The number of hydrogen-bond acceptors (Lipinski definition) is 2. The first-order valence-electron chi connectivity index (χ1n) is 1.62. The van der Waals surface area contributed by atoms with Gasteiger partial charge < -0.3 is 10.1 Å². The van der Waals surface area contributed by atoms with Crippen molar-refractivity contribution in [2.45, 2.75) is 0 Å². The average molecular weight is 98.1 g/mol. The largest absolute Gasteiger partial charge is 0.763 e. The summed E-state index contributed by atoms with van der Waals surface area (Å²) < 4.78 is 4.07. The van der Waals surface area contributed by atoms with Crippen molar-refractivity contribution >= 4 is 11.8 Å². The quantitative estimate of drug-likeness (QED) is 0.262. The van der Waals surface area contributed by atoms with Crippen LogP contribution in [0.25, 0.3) is 5.41 Å². The van der Waals surface area contributed by atoms with Crippen molar-refractivity contribution in [3.8, 4) is 0 Å². The average Bonchev–Trinajstić information content (AvgIpc) is 1.68. The van der Waals surface area contributed by atoms with Gasteiger partial charge in [0.05, 0.1) is 7.11 Å². The Bertz CT molecular complexity index is 113. The highest BCUT2D eigenvalue weighted by atomic mass is 16.5. The van der Waals surface area contributed by atoms with E-state index >= 15 is 0 Å². The summed E-state index contributed by atoms with van der Waals surface area (Å²) in [4.78, 5) is 9.91. The third kappa shape index (κ3) is 2.73. The number of hydrogen-bond donors (Lipinski definition) is 0. The molecule has 3 nitrogen and oxygen atoms in total. The van der Waals surface area contributed by atoms with Gasteiger partial charge in [0.15, 0.2) is 0 Å².